The van der Waals surface area contributed by atoms with E-state index >= 15 is 0 Å². The van der Waals surface area contributed by atoms with Gasteiger partial charge < -0.3 is 30.5 Å². The Hall–Kier alpha value is -1.26. The van der Waals surface area contributed by atoms with E-state index < -0.39 is 49.6 Å². The van der Waals surface area contributed by atoms with E-state index in [-0.39, 0.29) is 0 Å². The Bertz CT molecular complexity index is 353. The van der Waals surface area contributed by atoms with Gasteiger partial charge >= 0.3 is 6.03 Å². The Kier molecular flexibility index (Phi) is 5.63. The van der Waals surface area contributed by atoms with Gasteiger partial charge in [0.25, 0.3) is 0 Å². The van der Waals surface area contributed by atoms with Gasteiger partial charge in [0.2, 0.25) is 0 Å². The molecule has 0 unspecified atom stereocenters. The number of halogens is 1. The summed E-state index contributed by atoms with van der Waals surface area (Å²) in [5.74, 6) is -1.03. The zero-order valence-corrected chi connectivity index (χ0v) is 10.2. The number of aliphatic hydroxyl groups excluding tert-OH is 4. The van der Waals surface area contributed by atoms with Crippen LogP contribution >= 0.6 is 0 Å². The SMILES string of the molecule is CNC(=O)N(/C=C(/F)CO)[C@@H]1O[C@H](CO)[C@@H](O)[C@H]1O. The normalized spacial score (nSPS) is 31.4. The Morgan fingerprint density at radius 2 is 2.05 bits per heavy atom. The Labute approximate surface area is 108 Å². The number of rotatable bonds is 4. The zero-order chi connectivity index (χ0) is 14.6. The van der Waals surface area contributed by atoms with Crippen LogP contribution in [0.15, 0.2) is 12.0 Å². The molecule has 0 aromatic rings. The van der Waals surface area contributed by atoms with Crippen LogP contribution in [0.5, 0.6) is 0 Å². The largest absolute Gasteiger partial charge is 0.394 e. The van der Waals surface area contributed by atoms with Gasteiger partial charge in [-0.2, -0.15) is 0 Å². The molecule has 19 heavy (non-hydrogen) atoms. The predicted octanol–water partition coefficient (Wildman–Crippen LogP) is -2.13. The standard InChI is InChI=1S/C10H17FN2O6/c1-12-10(18)13(2-5(11)3-14)9-8(17)7(16)6(4-15)19-9/h2,6-9,14-17H,3-4H2,1H3,(H,12,18)/b5-2+/t6-,7-,8-,9-/m1/s1. The van der Waals surface area contributed by atoms with Crippen LogP contribution in [0.25, 0.3) is 0 Å². The molecule has 0 aromatic heterocycles. The highest BCUT2D eigenvalue weighted by atomic mass is 19.1. The maximum atomic E-state index is 13.1. The van der Waals surface area contributed by atoms with Crippen LogP contribution in [0.3, 0.4) is 0 Å². The van der Waals surface area contributed by atoms with Crippen molar-refractivity contribution in [2.75, 3.05) is 20.3 Å². The number of aliphatic hydroxyl groups is 4. The molecule has 0 aromatic carbocycles. The van der Waals surface area contributed by atoms with Crippen molar-refractivity contribution in [2.45, 2.75) is 24.5 Å². The number of hydrogen-bond donors (Lipinski definition) is 5. The molecule has 9 heteroatoms. The molecule has 1 rings (SSSR count). The van der Waals surface area contributed by atoms with Crippen molar-refractivity contribution < 1.29 is 34.3 Å². The number of hydrogen-bond acceptors (Lipinski definition) is 6. The maximum Gasteiger partial charge on any atom is 0.323 e. The molecule has 1 aliphatic heterocycles. The fourth-order valence-electron chi connectivity index (χ4n) is 1.68. The van der Waals surface area contributed by atoms with E-state index in [1.54, 1.807) is 0 Å². The first-order valence-corrected chi connectivity index (χ1v) is 5.55. The van der Waals surface area contributed by atoms with Gasteiger partial charge in [-0.05, 0) is 0 Å². The number of nitrogens with one attached hydrogen (secondary N) is 1. The summed E-state index contributed by atoms with van der Waals surface area (Å²) >= 11 is 0. The Morgan fingerprint density at radius 1 is 1.42 bits per heavy atom. The minimum atomic E-state index is -1.52. The minimum Gasteiger partial charge on any atom is -0.394 e. The van der Waals surface area contributed by atoms with Gasteiger partial charge in [-0.1, -0.05) is 0 Å². The lowest BCUT2D eigenvalue weighted by Gasteiger charge is -2.26. The number of urea groups is 1. The summed E-state index contributed by atoms with van der Waals surface area (Å²) in [7, 11) is 1.28. The number of ether oxygens (including phenoxy) is 1. The number of carbonyl (C=O) groups is 1. The van der Waals surface area contributed by atoms with Gasteiger partial charge in [0.05, 0.1) is 13.2 Å². The van der Waals surface area contributed by atoms with Gasteiger partial charge in [0.1, 0.15) is 24.1 Å². The highest BCUT2D eigenvalue weighted by Gasteiger charge is 2.46. The maximum absolute atomic E-state index is 13.1. The van der Waals surface area contributed by atoms with E-state index in [9.17, 15) is 19.4 Å². The second-order valence-electron chi connectivity index (χ2n) is 3.93. The summed E-state index contributed by atoms with van der Waals surface area (Å²) in [5, 5.41) is 39.0. The van der Waals surface area contributed by atoms with Crippen LogP contribution in [0.2, 0.25) is 0 Å². The van der Waals surface area contributed by atoms with Gasteiger partial charge in [0.15, 0.2) is 6.23 Å². The molecular weight excluding hydrogens is 263 g/mol. The molecule has 0 aliphatic carbocycles. The second kappa shape index (κ2) is 6.78. The van der Waals surface area contributed by atoms with Crippen molar-refractivity contribution in [3.05, 3.63) is 12.0 Å². The molecular formula is C10H17FN2O6. The van der Waals surface area contributed by atoms with Gasteiger partial charge in [0, 0.05) is 13.2 Å². The van der Waals surface area contributed by atoms with Crippen LogP contribution in [0.4, 0.5) is 9.18 Å². The average Bonchev–Trinajstić information content (AvgIpc) is 2.71. The van der Waals surface area contributed by atoms with Gasteiger partial charge in [-0.15, -0.1) is 0 Å². The summed E-state index contributed by atoms with van der Waals surface area (Å²) in [6, 6.07) is -0.807. The number of nitrogens with zero attached hydrogens (tertiary/aromatic N) is 1. The van der Waals surface area contributed by atoms with E-state index in [4.69, 9.17) is 14.9 Å². The smallest absolute Gasteiger partial charge is 0.323 e. The third-order valence-corrected chi connectivity index (χ3v) is 2.67. The molecule has 5 N–H and O–H groups in total. The lowest BCUT2D eigenvalue weighted by atomic mass is 10.1. The second-order valence-corrected chi connectivity index (χ2v) is 3.93. The van der Waals surface area contributed by atoms with Crippen LogP contribution < -0.4 is 5.32 Å². The Balaban J connectivity index is 2.96. The van der Waals surface area contributed by atoms with Crippen molar-refractivity contribution in [3.8, 4) is 0 Å². The molecule has 1 fully saturated rings. The lowest BCUT2D eigenvalue weighted by molar-refractivity contribution is -0.0654. The van der Waals surface area contributed by atoms with Crippen molar-refractivity contribution in [2.24, 2.45) is 0 Å². The van der Waals surface area contributed by atoms with Gasteiger partial charge in [-0.3, -0.25) is 4.90 Å². The third-order valence-electron chi connectivity index (χ3n) is 2.67. The van der Waals surface area contributed by atoms with Crippen LogP contribution in [-0.2, 0) is 4.74 Å². The third kappa shape index (κ3) is 3.39. The van der Waals surface area contributed by atoms with Crippen molar-refractivity contribution in [1.29, 1.82) is 0 Å². The average molecular weight is 280 g/mol. The molecule has 8 nitrogen and oxygen atoms in total. The van der Waals surface area contributed by atoms with Crippen LogP contribution in [0.1, 0.15) is 0 Å². The molecule has 2 amide bonds. The molecule has 4 atom stereocenters. The molecule has 0 saturated carbocycles. The summed E-state index contributed by atoms with van der Waals surface area (Å²) in [5.41, 5.74) is 0. The van der Waals surface area contributed by atoms with E-state index in [0.29, 0.717) is 11.1 Å². The quantitative estimate of drug-likeness (QED) is 0.401. The first-order valence-electron chi connectivity index (χ1n) is 5.55. The topological polar surface area (TPSA) is 122 Å². The van der Waals surface area contributed by atoms with Gasteiger partial charge in [-0.25, -0.2) is 9.18 Å². The molecule has 1 saturated heterocycles. The minimum absolute atomic E-state index is 0.567. The number of carbonyl (C=O) groups excluding carboxylic acids is 1. The summed E-state index contributed by atoms with van der Waals surface area (Å²) in [4.78, 5) is 12.2. The summed E-state index contributed by atoms with van der Waals surface area (Å²) < 4.78 is 18.2. The molecule has 1 heterocycles. The first-order chi connectivity index (χ1) is 8.96. The highest BCUT2D eigenvalue weighted by Crippen LogP contribution is 2.24. The van der Waals surface area contributed by atoms with E-state index in [0.717, 1.165) is 0 Å². The van der Waals surface area contributed by atoms with Crippen molar-refractivity contribution >= 4 is 6.03 Å². The Morgan fingerprint density at radius 3 is 2.47 bits per heavy atom. The molecule has 1 aliphatic rings. The molecule has 0 spiro atoms. The zero-order valence-electron chi connectivity index (χ0n) is 10.2. The van der Waals surface area contributed by atoms with Crippen LogP contribution in [-0.4, -0.2) is 76.2 Å². The monoisotopic (exact) mass is 280 g/mol. The first kappa shape index (κ1) is 15.8. The fourth-order valence-corrected chi connectivity index (χ4v) is 1.68. The number of amides is 2. The molecule has 110 valence electrons. The van der Waals surface area contributed by atoms with E-state index in [1.807, 2.05) is 0 Å². The fraction of sp³-hybridized carbons (Fsp3) is 0.700. The lowest BCUT2D eigenvalue weighted by Crippen LogP contribution is -2.47. The van der Waals surface area contributed by atoms with Crippen molar-refractivity contribution in [3.63, 3.8) is 0 Å². The van der Waals surface area contributed by atoms with Crippen LogP contribution in [0, 0.1) is 0 Å². The summed E-state index contributed by atoms with van der Waals surface area (Å²) in [6.07, 6.45) is -4.73. The van der Waals surface area contributed by atoms with Crippen molar-refractivity contribution in [1.82, 2.24) is 10.2 Å². The highest BCUT2D eigenvalue weighted by molar-refractivity contribution is 5.75. The van der Waals surface area contributed by atoms with E-state index in [1.165, 1.54) is 7.05 Å². The molecule has 0 bridgehead atoms. The summed E-state index contributed by atoms with van der Waals surface area (Å²) in [6.45, 7) is -1.50. The predicted molar refractivity (Wildman–Crippen MR) is 60.3 cm³/mol. The molecule has 0 radical (unpaired) electrons. The van der Waals surface area contributed by atoms with E-state index in [2.05, 4.69) is 5.32 Å².